The van der Waals surface area contributed by atoms with Crippen molar-refractivity contribution < 1.29 is 18.3 Å². The molecule has 1 fully saturated rings. The van der Waals surface area contributed by atoms with Gasteiger partial charge < -0.3 is 5.11 Å². The highest BCUT2D eigenvalue weighted by atomic mass is 35.5. The van der Waals surface area contributed by atoms with E-state index in [1.165, 1.54) is 18.3 Å². The van der Waals surface area contributed by atoms with E-state index < -0.39 is 11.7 Å². The molecule has 1 N–H and O–H groups in total. The third kappa shape index (κ3) is 2.53. The molecule has 1 aliphatic carbocycles. The van der Waals surface area contributed by atoms with Crippen molar-refractivity contribution >= 4 is 11.6 Å². The molecular formula is C14H12ClF3N2O. The summed E-state index contributed by atoms with van der Waals surface area (Å²) in [6.07, 6.45) is -1.09. The molecule has 0 aliphatic heterocycles. The largest absolute Gasteiger partial charge is 0.418 e. The smallest absolute Gasteiger partial charge is 0.390 e. The van der Waals surface area contributed by atoms with Crippen LogP contribution in [0.1, 0.15) is 35.6 Å². The van der Waals surface area contributed by atoms with Gasteiger partial charge in [-0.25, -0.2) is 4.68 Å². The van der Waals surface area contributed by atoms with Crippen molar-refractivity contribution in [2.24, 2.45) is 0 Å². The van der Waals surface area contributed by atoms with Gasteiger partial charge in [0.25, 0.3) is 0 Å². The van der Waals surface area contributed by atoms with Crippen LogP contribution in [0, 0.1) is 0 Å². The Morgan fingerprint density at radius 3 is 2.62 bits per heavy atom. The van der Waals surface area contributed by atoms with Crippen LogP contribution in [0.15, 0.2) is 24.4 Å². The van der Waals surface area contributed by atoms with Crippen LogP contribution < -0.4 is 0 Å². The molecule has 0 bridgehead atoms. The molecule has 0 saturated heterocycles. The highest BCUT2D eigenvalue weighted by Crippen LogP contribution is 2.43. The number of alkyl halides is 3. The lowest BCUT2D eigenvalue weighted by molar-refractivity contribution is -0.137. The number of benzene rings is 1. The van der Waals surface area contributed by atoms with E-state index in [0.29, 0.717) is 5.69 Å². The number of para-hydroxylation sites is 1. The molecule has 0 unspecified atom stereocenters. The Kier molecular flexibility index (Phi) is 3.45. The van der Waals surface area contributed by atoms with E-state index in [1.807, 2.05) is 0 Å². The molecule has 1 saturated carbocycles. The summed E-state index contributed by atoms with van der Waals surface area (Å²) in [6.45, 7) is -0.381. The van der Waals surface area contributed by atoms with E-state index in [9.17, 15) is 18.3 Å². The number of rotatable bonds is 3. The first kappa shape index (κ1) is 14.4. The topological polar surface area (TPSA) is 38.1 Å². The van der Waals surface area contributed by atoms with Crippen LogP contribution in [0.3, 0.4) is 0 Å². The Labute approximate surface area is 124 Å². The SMILES string of the molecule is OCc1c(C2CC2)cnn1-c1c(Cl)cccc1C(F)(F)F. The normalized spacial score (nSPS) is 15.5. The molecule has 21 heavy (non-hydrogen) atoms. The molecule has 112 valence electrons. The first-order chi connectivity index (χ1) is 9.93. The summed E-state index contributed by atoms with van der Waals surface area (Å²) in [4.78, 5) is 0. The molecule has 2 aromatic rings. The van der Waals surface area contributed by atoms with Crippen molar-refractivity contribution in [3.05, 3.63) is 46.2 Å². The van der Waals surface area contributed by atoms with Gasteiger partial charge in [-0.15, -0.1) is 0 Å². The van der Waals surface area contributed by atoms with Gasteiger partial charge in [0.2, 0.25) is 0 Å². The van der Waals surface area contributed by atoms with Gasteiger partial charge in [-0.3, -0.25) is 0 Å². The molecule has 1 aliphatic rings. The van der Waals surface area contributed by atoms with E-state index >= 15 is 0 Å². The highest BCUT2D eigenvalue weighted by molar-refractivity contribution is 6.32. The molecule has 1 aromatic heterocycles. The zero-order valence-electron chi connectivity index (χ0n) is 10.9. The summed E-state index contributed by atoms with van der Waals surface area (Å²) in [5, 5.41) is 13.5. The van der Waals surface area contributed by atoms with Gasteiger partial charge in [0.1, 0.15) is 0 Å². The van der Waals surface area contributed by atoms with Crippen molar-refractivity contribution in [1.29, 1.82) is 0 Å². The first-order valence-electron chi connectivity index (χ1n) is 6.47. The number of aromatic nitrogens is 2. The Balaban J connectivity index is 2.21. The van der Waals surface area contributed by atoms with E-state index in [-0.39, 0.29) is 23.2 Å². The lowest BCUT2D eigenvalue weighted by Crippen LogP contribution is -2.14. The quantitative estimate of drug-likeness (QED) is 0.932. The van der Waals surface area contributed by atoms with Gasteiger partial charge in [0.05, 0.1) is 34.8 Å². The second-order valence-electron chi connectivity index (χ2n) is 5.02. The monoisotopic (exact) mass is 316 g/mol. The van der Waals surface area contributed by atoms with Crippen LogP contribution in [0.5, 0.6) is 0 Å². The maximum atomic E-state index is 13.2. The summed E-state index contributed by atoms with van der Waals surface area (Å²) < 4.78 is 40.6. The Morgan fingerprint density at radius 2 is 2.05 bits per heavy atom. The molecule has 3 nitrogen and oxygen atoms in total. The Hall–Kier alpha value is -1.53. The fraction of sp³-hybridized carbons (Fsp3) is 0.357. The van der Waals surface area contributed by atoms with Gasteiger partial charge in [0.15, 0.2) is 0 Å². The van der Waals surface area contributed by atoms with Crippen LogP contribution in [0.2, 0.25) is 5.02 Å². The zero-order chi connectivity index (χ0) is 15.2. The van der Waals surface area contributed by atoms with Crippen LogP contribution >= 0.6 is 11.6 Å². The average Bonchev–Trinajstić information content (AvgIpc) is 3.17. The number of nitrogens with zero attached hydrogens (tertiary/aromatic N) is 2. The van der Waals surface area contributed by atoms with E-state index in [4.69, 9.17) is 11.6 Å². The summed E-state index contributed by atoms with van der Waals surface area (Å²) in [7, 11) is 0. The maximum absolute atomic E-state index is 13.2. The predicted octanol–water partition coefficient (Wildman–Crippen LogP) is 3.91. The van der Waals surface area contributed by atoms with E-state index in [2.05, 4.69) is 5.10 Å². The Morgan fingerprint density at radius 1 is 1.33 bits per heavy atom. The minimum absolute atomic E-state index is 0.0510. The van der Waals surface area contributed by atoms with E-state index in [0.717, 1.165) is 29.2 Å². The van der Waals surface area contributed by atoms with Gasteiger partial charge in [0, 0.05) is 0 Å². The molecule has 0 atom stereocenters. The summed E-state index contributed by atoms with van der Waals surface area (Å²) in [5.41, 5.74) is 0.0689. The third-order valence-corrected chi connectivity index (χ3v) is 3.88. The number of aliphatic hydroxyl groups is 1. The first-order valence-corrected chi connectivity index (χ1v) is 6.85. The lowest BCUT2D eigenvalue weighted by atomic mass is 10.1. The molecule has 0 radical (unpaired) electrons. The van der Waals surface area contributed by atoms with Gasteiger partial charge in [-0.2, -0.15) is 18.3 Å². The average molecular weight is 317 g/mol. The van der Waals surface area contributed by atoms with E-state index in [1.54, 1.807) is 0 Å². The fourth-order valence-corrected chi connectivity index (χ4v) is 2.69. The summed E-state index contributed by atoms with van der Waals surface area (Å²) >= 11 is 5.96. The third-order valence-electron chi connectivity index (χ3n) is 3.57. The van der Waals surface area contributed by atoms with Crippen molar-refractivity contribution in [3.63, 3.8) is 0 Å². The molecule has 1 heterocycles. The molecule has 3 rings (SSSR count). The fourth-order valence-electron chi connectivity index (χ4n) is 2.43. The van der Waals surface area contributed by atoms with Crippen LogP contribution in [0.4, 0.5) is 13.2 Å². The Bertz CT molecular complexity index is 677. The zero-order valence-corrected chi connectivity index (χ0v) is 11.6. The highest BCUT2D eigenvalue weighted by Gasteiger charge is 2.36. The molecular weight excluding hydrogens is 305 g/mol. The standard InChI is InChI=1S/C14H12ClF3N2O/c15-11-3-1-2-10(14(16,17)18)13(11)20-12(7-21)9(6-19-20)8-4-5-8/h1-3,6,8,21H,4-5,7H2. The summed E-state index contributed by atoms with van der Waals surface area (Å²) in [5.74, 6) is 0.276. The number of hydrogen-bond donors (Lipinski definition) is 1. The maximum Gasteiger partial charge on any atom is 0.418 e. The minimum Gasteiger partial charge on any atom is -0.390 e. The van der Waals surface area contributed by atoms with Crippen molar-refractivity contribution in [2.75, 3.05) is 0 Å². The van der Waals surface area contributed by atoms with Gasteiger partial charge in [-0.05, 0) is 36.5 Å². The second-order valence-corrected chi connectivity index (χ2v) is 5.43. The van der Waals surface area contributed by atoms with Crippen LogP contribution in [-0.2, 0) is 12.8 Å². The predicted molar refractivity (Wildman–Crippen MR) is 71.5 cm³/mol. The van der Waals surface area contributed by atoms with Gasteiger partial charge >= 0.3 is 6.18 Å². The lowest BCUT2D eigenvalue weighted by Gasteiger charge is -2.16. The van der Waals surface area contributed by atoms with Crippen molar-refractivity contribution in [1.82, 2.24) is 9.78 Å². The molecule has 0 amide bonds. The molecule has 1 aromatic carbocycles. The number of hydrogen-bond acceptors (Lipinski definition) is 2. The van der Waals surface area contributed by atoms with Gasteiger partial charge in [-0.1, -0.05) is 17.7 Å². The number of halogens is 4. The van der Waals surface area contributed by atoms with Crippen molar-refractivity contribution in [3.8, 4) is 5.69 Å². The second kappa shape index (κ2) is 5.03. The van der Waals surface area contributed by atoms with Crippen molar-refractivity contribution in [2.45, 2.75) is 31.5 Å². The molecule has 0 spiro atoms. The molecule has 7 heteroatoms. The van der Waals surface area contributed by atoms with Crippen LogP contribution in [0.25, 0.3) is 5.69 Å². The minimum atomic E-state index is -4.54. The van der Waals surface area contributed by atoms with Crippen LogP contribution in [-0.4, -0.2) is 14.9 Å². The number of aliphatic hydroxyl groups excluding tert-OH is 1. The summed E-state index contributed by atoms with van der Waals surface area (Å²) in [6, 6.07) is 3.59.